The average molecular weight is 340 g/mol. The molecule has 1 saturated carbocycles. The standard InChI is InChI=1S/C16H16N6OS/c23-15-13-9(16(21-15)4-2-1-3-5-16)6-11(24-13)20-14-12-10(7-19-22-12)17-8-18-14/h6-8H,1-5H2,(H,19,22)(H,21,23)(H,17,18,20). The number of hydrogen-bond acceptors (Lipinski definition) is 6. The largest absolute Gasteiger partial charge is 0.342 e. The fourth-order valence-corrected chi connectivity index (χ4v) is 4.90. The number of anilines is 2. The summed E-state index contributed by atoms with van der Waals surface area (Å²) in [6.07, 6.45) is 8.82. The van der Waals surface area contributed by atoms with Crippen LogP contribution in [0.1, 0.15) is 47.3 Å². The van der Waals surface area contributed by atoms with Crippen molar-refractivity contribution in [3.05, 3.63) is 29.0 Å². The molecule has 5 rings (SSSR count). The molecule has 0 saturated heterocycles. The number of carbonyl (C=O) groups is 1. The Morgan fingerprint density at radius 1 is 1.21 bits per heavy atom. The zero-order valence-electron chi connectivity index (χ0n) is 12.9. The van der Waals surface area contributed by atoms with Gasteiger partial charge in [0.15, 0.2) is 5.82 Å². The van der Waals surface area contributed by atoms with Crippen LogP contribution in [0, 0.1) is 0 Å². The highest BCUT2D eigenvalue weighted by molar-refractivity contribution is 7.18. The maximum absolute atomic E-state index is 12.4. The topological polar surface area (TPSA) is 95.6 Å². The van der Waals surface area contributed by atoms with Crippen molar-refractivity contribution in [2.75, 3.05) is 5.32 Å². The third-order valence-electron chi connectivity index (χ3n) is 5.00. The molecular weight excluding hydrogens is 324 g/mol. The molecule has 1 fully saturated rings. The van der Waals surface area contributed by atoms with Gasteiger partial charge in [0.1, 0.15) is 17.4 Å². The van der Waals surface area contributed by atoms with E-state index < -0.39 is 0 Å². The van der Waals surface area contributed by atoms with E-state index in [-0.39, 0.29) is 11.4 Å². The Kier molecular flexibility index (Phi) is 2.90. The van der Waals surface area contributed by atoms with Gasteiger partial charge in [-0.25, -0.2) is 9.97 Å². The normalized spacial score (nSPS) is 18.8. The molecule has 3 aromatic rings. The molecular formula is C16H16N6OS. The van der Waals surface area contributed by atoms with Crippen LogP contribution in [0.5, 0.6) is 0 Å². The summed E-state index contributed by atoms with van der Waals surface area (Å²) >= 11 is 1.49. The number of H-pyrrole nitrogens is 1. The second-order valence-corrected chi connectivity index (χ2v) is 7.48. The molecule has 122 valence electrons. The summed E-state index contributed by atoms with van der Waals surface area (Å²) in [6.45, 7) is 0. The highest BCUT2D eigenvalue weighted by atomic mass is 32.1. The Balaban J connectivity index is 1.53. The number of rotatable bonds is 2. The summed E-state index contributed by atoms with van der Waals surface area (Å²) in [7, 11) is 0. The van der Waals surface area contributed by atoms with Gasteiger partial charge in [-0.1, -0.05) is 19.3 Å². The van der Waals surface area contributed by atoms with Gasteiger partial charge in [-0.2, -0.15) is 5.10 Å². The summed E-state index contributed by atoms with van der Waals surface area (Å²) in [6, 6.07) is 2.10. The number of aromatic nitrogens is 4. The lowest BCUT2D eigenvalue weighted by Crippen LogP contribution is -2.40. The van der Waals surface area contributed by atoms with Crippen LogP contribution in [0.2, 0.25) is 0 Å². The van der Waals surface area contributed by atoms with Crippen molar-refractivity contribution in [1.29, 1.82) is 0 Å². The van der Waals surface area contributed by atoms with Crippen molar-refractivity contribution in [2.24, 2.45) is 0 Å². The molecule has 1 amide bonds. The van der Waals surface area contributed by atoms with E-state index in [0.29, 0.717) is 5.82 Å². The van der Waals surface area contributed by atoms with E-state index in [9.17, 15) is 4.79 Å². The second kappa shape index (κ2) is 5.01. The van der Waals surface area contributed by atoms with E-state index >= 15 is 0 Å². The Labute approximate surface area is 141 Å². The number of thiophene rings is 1. The van der Waals surface area contributed by atoms with Gasteiger partial charge in [0.05, 0.1) is 21.6 Å². The Bertz CT molecular complexity index is 939. The van der Waals surface area contributed by atoms with Crippen LogP contribution in [0.4, 0.5) is 10.8 Å². The molecule has 1 aliphatic carbocycles. The lowest BCUT2D eigenvalue weighted by molar-refractivity contribution is 0.0912. The van der Waals surface area contributed by atoms with Gasteiger partial charge in [0.2, 0.25) is 0 Å². The van der Waals surface area contributed by atoms with Crippen LogP contribution < -0.4 is 10.6 Å². The SMILES string of the molecule is O=C1NC2(CCCCC2)c2cc(Nc3ncnc4cn[nH]c34)sc21. The van der Waals surface area contributed by atoms with Gasteiger partial charge in [-0.15, -0.1) is 11.3 Å². The summed E-state index contributed by atoms with van der Waals surface area (Å²) in [5, 5.41) is 14.4. The molecule has 1 aliphatic heterocycles. The minimum Gasteiger partial charge on any atom is -0.342 e. The van der Waals surface area contributed by atoms with E-state index in [0.717, 1.165) is 39.3 Å². The van der Waals surface area contributed by atoms with Crippen LogP contribution in [0.15, 0.2) is 18.6 Å². The van der Waals surface area contributed by atoms with E-state index in [1.165, 1.54) is 36.9 Å². The number of carbonyl (C=O) groups excluding carboxylic acids is 1. The van der Waals surface area contributed by atoms with Crippen LogP contribution in [-0.4, -0.2) is 26.1 Å². The number of hydrogen-bond donors (Lipinski definition) is 3. The molecule has 3 aromatic heterocycles. The molecule has 0 radical (unpaired) electrons. The van der Waals surface area contributed by atoms with Gasteiger partial charge in [0.25, 0.3) is 5.91 Å². The van der Waals surface area contributed by atoms with Gasteiger partial charge < -0.3 is 10.6 Å². The monoisotopic (exact) mass is 340 g/mol. The lowest BCUT2D eigenvalue weighted by Gasteiger charge is -2.33. The molecule has 1 spiro atoms. The zero-order chi connectivity index (χ0) is 16.1. The van der Waals surface area contributed by atoms with Gasteiger partial charge in [0, 0.05) is 5.56 Å². The first-order valence-corrected chi connectivity index (χ1v) is 8.95. The molecule has 3 N–H and O–H groups in total. The van der Waals surface area contributed by atoms with E-state index in [1.807, 2.05) is 0 Å². The van der Waals surface area contributed by atoms with Crippen molar-refractivity contribution in [2.45, 2.75) is 37.6 Å². The quantitative estimate of drug-likeness (QED) is 0.666. The minimum absolute atomic E-state index is 0.0549. The zero-order valence-corrected chi connectivity index (χ0v) is 13.7. The summed E-state index contributed by atoms with van der Waals surface area (Å²) < 4.78 is 0. The van der Waals surface area contributed by atoms with Crippen LogP contribution in [0.3, 0.4) is 0 Å². The molecule has 8 heteroatoms. The molecule has 7 nitrogen and oxygen atoms in total. The number of aromatic amines is 1. The maximum atomic E-state index is 12.4. The van der Waals surface area contributed by atoms with Crippen LogP contribution in [-0.2, 0) is 5.54 Å². The first kappa shape index (κ1) is 13.9. The third-order valence-corrected chi connectivity index (χ3v) is 6.04. The molecule has 0 aromatic carbocycles. The van der Waals surface area contributed by atoms with Crippen molar-refractivity contribution < 1.29 is 4.79 Å². The number of fused-ring (bicyclic) bond motifs is 3. The molecule has 24 heavy (non-hydrogen) atoms. The van der Waals surface area contributed by atoms with Crippen LogP contribution in [0.25, 0.3) is 11.0 Å². The van der Waals surface area contributed by atoms with Crippen molar-refractivity contribution in [3.8, 4) is 0 Å². The summed E-state index contributed by atoms with van der Waals surface area (Å²) in [5.74, 6) is 0.731. The second-order valence-electron chi connectivity index (χ2n) is 6.43. The molecule has 0 bridgehead atoms. The summed E-state index contributed by atoms with van der Waals surface area (Å²) in [4.78, 5) is 21.7. The first-order valence-electron chi connectivity index (χ1n) is 8.13. The van der Waals surface area contributed by atoms with Gasteiger partial charge in [-0.3, -0.25) is 9.89 Å². The minimum atomic E-state index is -0.157. The Morgan fingerprint density at radius 2 is 2.08 bits per heavy atom. The van der Waals surface area contributed by atoms with Gasteiger partial charge in [-0.05, 0) is 18.9 Å². The first-order chi connectivity index (χ1) is 11.8. The highest BCUT2D eigenvalue weighted by Gasteiger charge is 2.44. The molecule has 0 unspecified atom stereocenters. The van der Waals surface area contributed by atoms with Crippen molar-refractivity contribution in [1.82, 2.24) is 25.5 Å². The van der Waals surface area contributed by atoms with Crippen molar-refractivity contribution in [3.63, 3.8) is 0 Å². The number of amides is 1. The number of nitrogens with zero attached hydrogens (tertiary/aromatic N) is 3. The van der Waals surface area contributed by atoms with Crippen molar-refractivity contribution >= 4 is 39.1 Å². The highest BCUT2D eigenvalue weighted by Crippen LogP contribution is 2.47. The fraction of sp³-hybridized carbons (Fsp3) is 0.375. The van der Waals surface area contributed by atoms with E-state index in [1.54, 1.807) is 6.20 Å². The molecule has 0 atom stereocenters. The molecule has 2 aliphatic rings. The Morgan fingerprint density at radius 3 is 2.96 bits per heavy atom. The number of nitrogens with one attached hydrogen (secondary N) is 3. The predicted octanol–water partition coefficient (Wildman–Crippen LogP) is 3.06. The lowest BCUT2D eigenvalue weighted by atomic mass is 9.78. The Hall–Kier alpha value is -2.48. The van der Waals surface area contributed by atoms with E-state index in [2.05, 4.69) is 36.9 Å². The summed E-state index contributed by atoms with van der Waals surface area (Å²) in [5.41, 5.74) is 2.52. The third kappa shape index (κ3) is 1.96. The van der Waals surface area contributed by atoms with Gasteiger partial charge >= 0.3 is 0 Å². The molecule has 4 heterocycles. The predicted molar refractivity (Wildman–Crippen MR) is 91.5 cm³/mol. The van der Waals surface area contributed by atoms with Crippen LogP contribution >= 0.6 is 11.3 Å². The van der Waals surface area contributed by atoms with E-state index in [4.69, 9.17) is 0 Å². The maximum Gasteiger partial charge on any atom is 0.262 e. The smallest absolute Gasteiger partial charge is 0.262 e. The average Bonchev–Trinajstić information content (AvgIpc) is 3.27. The fourth-order valence-electron chi connectivity index (χ4n) is 3.84.